The monoisotopic (exact) mass is 353 g/mol. The van der Waals surface area contributed by atoms with Gasteiger partial charge < -0.3 is 14.8 Å². The third-order valence-corrected chi connectivity index (χ3v) is 2.95. The van der Waals surface area contributed by atoms with Gasteiger partial charge in [-0.2, -0.15) is 0 Å². The zero-order valence-electron chi connectivity index (χ0n) is 15.0. The van der Waals surface area contributed by atoms with Crippen LogP contribution in [0.25, 0.3) is 0 Å². The van der Waals surface area contributed by atoms with Crippen molar-refractivity contribution in [2.24, 2.45) is 0 Å². The van der Waals surface area contributed by atoms with Gasteiger partial charge in [0.15, 0.2) is 16.6 Å². The van der Waals surface area contributed by atoms with E-state index in [1.165, 1.54) is 0 Å². The predicted octanol–water partition coefficient (Wildman–Crippen LogP) is 2.78. The van der Waals surface area contributed by atoms with Crippen molar-refractivity contribution in [3.05, 3.63) is 23.8 Å². The summed E-state index contributed by atoms with van der Waals surface area (Å²) in [7, 11) is 0. The molecule has 0 saturated carbocycles. The lowest BCUT2D eigenvalue weighted by Gasteiger charge is -2.23. The van der Waals surface area contributed by atoms with Crippen LogP contribution < -0.4 is 25.6 Å². The number of benzene rings is 1. The number of hydrazine groups is 1. The van der Waals surface area contributed by atoms with E-state index in [0.29, 0.717) is 35.4 Å². The van der Waals surface area contributed by atoms with Crippen molar-refractivity contribution in [2.45, 2.75) is 46.6 Å². The maximum atomic E-state index is 12.2. The van der Waals surface area contributed by atoms with Gasteiger partial charge in [-0.1, -0.05) is 6.92 Å². The molecule has 0 spiro atoms. The van der Waals surface area contributed by atoms with Gasteiger partial charge in [0, 0.05) is 11.1 Å². The smallest absolute Gasteiger partial charge is 0.269 e. The van der Waals surface area contributed by atoms with E-state index in [-0.39, 0.29) is 11.4 Å². The van der Waals surface area contributed by atoms with Gasteiger partial charge in [0.25, 0.3) is 5.91 Å². The Balaban J connectivity index is 2.73. The van der Waals surface area contributed by atoms with Crippen molar-refractivity contribution in [3.8, 4) is 11.5 Å². The number of nitrogens with one attached hydrogen (secondary N) is 3. The van der Waals surface area contributed by atoms with Crippen molar-refractivity contribution in [1.82, 2.24) is 16.2 Å². The fourth-order valence-electron chi connectivity index (χ4n) is 1.81. The number of carbonyl (C=O) groups excluding carboxylic acids is 1. The lowest BCUT2D eigenvalue weighted by molar-refractivity contribution is 0.0942. The van der Waals surface area contributed by atoms with Gasteiger partial charge in [0.05, 0.1) is 13.2 Å². The second-order valence-electron chi connectivity index (χ2n) is 6.23. The molecule has 7 heteroatoms. The Labute approximate surface area is 149 Å². The molecule has 0 atom stereocenters. The second-order valence-corrected chi connectivity index (χ2v) is 6.63. The van der Waals surface area contributed by atoms with Gasteiger partial charge in [-0.25, -0.2) is 0 Å². The molecule has 0 saturated heterocycles. The van der Waals surface area contributed by atoms with Crippen LogP contribution in [0.3, 0.4) is 0 Å². The molecule has 0 heterocycles. The maximum absolute atomic E-state index is 12.2. The molecule has 6 nitrogen and oxygen atoms in total. The van der Waals surface area contributed by atoms with E-state index >= 15 is 0 Å². The number of hydrogen-bond donors (Lipinski definition) is 3. The minimum atomic E-state index is -0.309. The van der Waals surface area contributed by atoms with Gasteiger partial charge in [-0.3, -0.25) is 15.6 Å². The average Bonchev–Trinajstić information content (AvgIpc) is 2.50. The highest BCUT2D eigenvalue weighted by Crippen LogP contribution is 2.28. The van der Waals surface area contributed by atoms with Crippen LogP contribution in [0.1, 0.15) is 51.4 Å². The van der Waals surface area contributed by atoms with Crippen LogP contribution in [0.4, 0.5) is 0 Å². The Morgan fingerprint density at radius 2 is 1.83 bits per heavy atom. The standard InChI is InChI=1S/C17H27N3O3S/c1-6-10-23-13-9-8-12(11-14(13)22-7-2)15(21)19-20-16(24)18-17(3,4)5/h8-9,11H,6-7,10H2,1-5H3,(H,19,21)(H2,18,20,24). The lowest BCUT2D eigenvalue weighted by atomic mass is 10.1. The van der Waals surface area contributed by atoms with Crippen molar-refractivity contribution < 1.29 is 14.3 Å². The van der Waals surface area contributed by atoms with Gasteiger partial charge in [0.2, 0.25) is 0 Å². The number of thiocarbonyl (C=S) groups is 1. The zero-order chi connectivity index (χ0) is 18.2. The third-order valence-electron chi connectivity index (χ3n) is 2.75. The summed E-state index contributed by atoms with van der Waals surface area (Å²) in [5, 5.41) is 3.40. The topological polar surface area (TPSA) is 71.6 Å². The average molecular weight is 353 g/mol. The molecule has 1 aromatic carbocycles. The minimum Gasteiger partial charge on any atom is -0.490 e. The van der Waals surface area contributed by atoms with Crippen molar-refractivity contribution >= 4 is 23.2 Å². The zero-order valence-corrected chi connectivity index (χ0v) is 15.8. The number of ether oxygens (including phenoxy) is 2. The van der Waals surface area contributed by atoms with E-state index in [2.05, 4.69) is 16.2 Å². The Morgan fingerprint density at radius 1 is 1.12 bits per heavy atom. The van der Waals surface area contributed by atoms with Crippen LogP contribution in [0.2, 0.25) is 0 Å². The van der Waals surface area contributed by atoms with Crippen LogP contribution in [-0.4, -0.2) is 29.8 Å². The normalized spacial score (nSPS) is 10.7. The Kier molecular flexibility index (Phi) is 7.78. The van der Waals surface area contributed by atoms with E-state index in [4.69, 9.17) is 21.7 Å². The van der Waals surface area contributed by atoms with Crippen LogP contribution in [0.5, 0.6) is 11.5 Å². The number of amides is 1. The quantitative estimate of drug-likeness (QED) is 0.540. The van der Waals surface area contributed by atoms with E-state index in [1.807, 2.05) is 34.6 Å². The first-order valence-corrected chi connectivity index (χ1v) is 8.45. The summed E-state index contributed by atoms with van der Waals surface area (Å²) in [5.41, 5.74) is 5.52. The number of hydrogen-bond acceptors (Lipinski definition) is 4. The van der Waals surface area contributed by atoms with E-state index in [0.717, 1.165) is 6.42 Å². The van der Waals surface area contributed by atoms with Crippen LogP contribution in [-0.2, 0) is 0 Å². The van der Waals surface area contributed by atoms with Gasteiger partial charge in [-0.05, 0) is 64.5 Å². The summed E-state index contributed by atoms with van der Waals surface area (Å²) < 4.78 is 11.2. The molecule has 3 N–H and O–H groups in total. The molecule has 0 radical (unpaired) electrons. The molecule has 1 amide bonds. The molecule has 0 unspecified atom stereocenters. The molecule has 0 aliphatic rings. The summed E-state index contributed by atoms with van der Waals surface area (Å²) in [6.45, 7) is 10.9. The summed E-state index contributed by atoms with van der Waals surface area (Å²) in [6, 6.07) is 5.08. The van der Waals surface area contributed by atoms with Crippen LogP contribution in [0, 0.1) is 0 Å². The van der Waals surface area contributed by atoms with Gasteiger partial charge in [-0.15, -0.1) is 0 Å². The van der Waals surface area contributed by atoms with E-state index in [9.17, 15) is 4.79 Å². The predicted molar refractivity (Wildman–Crippen MR) is 99.5 cm³/mol. The molecule has 0 bridgehead atoms. The van der Waals surface area contributed by atoms with Crippen LogP contribution in [0.15, 0.2) is 18.2 Å². The second kappa shape index (κ2) is 9.32. The highest BCUT2D eigenvalue weighted by atomic mass is 32.1. The molecule has 134 valence electrons. The van der Waals surface area contributed by atoms with Crippen molar-refractivity contribution in [3.63, 3.8) is 0 Å². The van der Waals surface area contributed by atoms with E-state index in [1.54, 1.807) is 18.2 Å². The summed E-state index contributed by atoms with van der Waals surface area (Å²) in [4.78, 5) is 12.2. The molecule has 0 aliphatic heterocycles. The Bertz CT molecular complexity index is 571. The van der Waals surface area contributed by atoms with Crippen molar-refractivity contribution in [1.29, 1.82) is 0 Å². The molecule has 0 fully saturated rings. The van der Waals surface area contributed by atoms with Gasteiger partial charge in [0.1, 0.15) is 0 Å². The molecular formula is C17H27N3O3S. The van der Waals surface area contributed by atoms with Crippen LogP contribution >= 0.6 is 12.2 Å². The minimum absolute atomic E-state index is 0.185. The molecular weight excluding hydrogens is 326 g/mol. The SMILES string of the molecule is CCCOc1ccc(C(=O)NNC(=S)NC(C)(C)C)cc1OCC. The summed E-state index contributed by atoms with van der Waals surface area (Å²) in [5.74, 6) is 0.873. The highest BCUT2D eigenvalue weighted by molar-refractivity contribution is 7.80. The Morgan fingerprint density at radius 3 is 2.42 bits per heavy atom. The first kappa shape index (κ1) is 20.0. The first-order chi connectivity index (χ1) is 11.3. The first-order valence-electron chi connectivity index (χ1n) is 8.05. The lowest BCUT2D eigenvalue weighted by Crippen LogP contribution is -2.52. The molecule has 24 heavy (non-hydrogen) atoms. The summed E-state index contributed by atoms with van der Waals surface area (Å²) in [6.07, 6.45) is 0.899. The third kappa shape index (κ3) is 7.04. The van der Waals surface area contributed by atoms with Crippen molar-refractivity contribution in [2.75, 3.05) is 13.2 Å². The maximum Gasteiger partial charge on any atom is 0.269 e. The van der Waals surface area contributed by atoms with Gasteiger partial charge >= 0.3 is 0 Å². The molecule has 1 rings (SSSR count). The Hall–Kier alpha value is -2.02. The fraction of sp³-hybridized carbons (Fsp3) is 0.529. The molecule has 0 aromatic heterocycles. The molecule has 1 aromatic rings. The summed E-state index contributed by atoms with van der Waals surface area (Å²) >= 11 is 5.12. The number of rotatable bonds is 6. The largest absolute Gasteiger partial charge is 0.490 e. The molecule has 0 aliphatic carbocycles. The van der Waals surface area contributed by atoms with E-state index < -0.39 is 0 Å². The number of carbonyl (C=O) groups is 1. The highest BCUT2D eigenvalue weighted by Gasteiger charge is 2.14. The fourth-order valence-corrected chi connectivity index (χ4v) is 2.16.